The summed E-state index contributed by atoms with van der Waals surface area (Å²) in [6.07, 6.45) is 4.45. The quantitative estimate of drug-likeness (QED) is 0.821. The van der Waals surface area contributed by atoms with Gasteiger partial charge in [0.05, 0.1) is 6.04 Å². The third-order valence-corrected chi connectivity index (χ3v) is 3.96. The van der Waals surface area contributed by atoms with Crippen LogP contribution in [0.1, 0.15) is 24.6 Å². The summed E-state index contributed by atoms with van der Waals surface area (Å²) in [5.74, 6) is 0. The second kappa shape index (κ2) is 5.67. The first-order valence-corrected chi connectivity index (χ1v) is 6.46. The molecule has 0 saturated carbocycles. The predicted octanol–water partition coefficient (Wildman–Crippen LogP) is 1.04. The van der Waals surface area contributed by atoms with Crippen LogP contribution in [0.15, 0.2) is 18.3 Å². The van der Waals surface area contributed by atoms with Crippen LogP contribution in [0.3, 0.4) is 0 Å². The van der Waals surface area contributed by atoms with E-state index in [-0.39, 0.29) is 0 Å². The van der Waals surface area contributed by atoms with Crippen LogP contribution >= 0.6 is 0 Å². The van der Waals surface area contributed by atoms with Gasteiger partial charge in [0.25, 0.3) is 0 Å². The summed E-state index contributed by atoms with van der Waals surface area (Å²) in [6.45, 7) is 3.05. The maximum Gasteiger partial charge on any atom is 0.0622 e. The van der Waals surface area contributed by atoms with Gasteiger partial charge in [0.15, 0.2) is 0 Å². The molecule has 1 aromatic heterocycles. The van der Waals surface area contributed by atoms with Crippen molar-refractivity contribution in [3.8, 4) is 0 Å². The maximum atomic E-state index is 5.93. The topological polar surface area (TPSA) is 48.3 Å². The number of nitrogens with two attached hydrogens (primary N) is 1. The summed E-state index contributed by atoms with van der Waals surface area (Å²) in [6, 6.07) is 5.14. The molecule has 1 aromatic rings. The lowest BCUT2D eigenvalue weighted by Crippen LogP contribution is -2.45. The fourth-order valence-corrected chi connectivity index (χ4v) is 2.72. The minimum absolute atomic E-state index is 0.318. The third-order valence-electron chi connectivity index (χ3n) is 3.96. The number of H-pyrrole nitrogens is 1. The van der Waals surface area contributed by atoms with Crippen LogP contribution in [0.4, 0.5) is 0 Å². The van der Waals surface area contributed by atoms with Crippen molar-refractivity contribution in [3.05, 3.63) is 24.0 Å². The second-order valence-electron chi connectivity index (χ2n) is 5.08. The van der Waals surface area contributed by atoms with Crippen LogP contribution < -0.4 is 5.73 Å². The van der Waals surface area contributed by atoms with Crippen LogP contribution in [0, 0.1) is 0 Å². The van der Waals surface area contributed by atoms with E-state index in [0.29, 0.717) is 18.6 Å². The van der Waals surface area contributed by atoms with Crippen molar-refractivity contribution in [1.82, 2.24) is 14.8 Å². The first kappa shape index (κ1) is 12.6. The number of nitrogens with zero attached hydrogens (tertiary/aromatic N) is 2. The maximum absolute atomic E-state index is 5.93. The fourth-order valence-electron chi connectivity index (χ4n) is 2.72. The van der Waals surface area contributed by atoms with Crippen molar-refractivity contribution in [2.24, 2.45) is 5.73 Å². The molecule has 0 bridgehead atoms. The van der Waals surface area contributed by atoms with E-state index >= 15 is 0 Å². The van der Waals surface area contributed by atoms with Gasteiger partial charge in [-0.1, -0.05) is 0 Å². The molecule has 1 atom stereocenters. The van der Waals surface area contributed by atoms with Crippen molar-refractivity contribution >= 4 is 0 Å². The molecule has 4 nitrogen and oxygen atoms in total. The van der Waals surface area contributed by atoms with E-state index in [1.165, 1.54) is 31.6 Å². The molecule has 1 unspecified atom stereocenters. The SMILES string of the molecule is CN1CCC(N(C)C(CN)c2ccc[nH]2)CC1. The highest BCUT2D eigenvalue weighted by molar-refractivity contribution is 5.10. The molecule has 17 heavy (non-hydrogen) atoms. The molecular formula is C13H24N4. The Balaban J connectivity index is 2.00. The van der Waals surface area contributed by atoms with E-state index < -0.39 is 0 Å². The van der Waals surface area contributed by atoms with E-state index in [2.05, 4.69) is 34.9 Å². The van der Waals surface area contributed by atoms with Gasteiger partial charge >= 0.3 is 0 Å². The van der Waals surface area contributed by atoms with Crippen molar-refractivity contribution < 1.29 is 0 Å². The highest BCUT2D eigenvalue weighted by atomic mass is 15.2. The van der Waals surface area contributed by atoms with Crippen LogP contribution in [-0.2, 0) is 0 Å². The molecule has 96 valence electrons. The Morgan fingerprint density at radius 2 is 2.24 bits per heavy atom. The molecule has 2 rings (SSSR count). The average molecular weight is 236 g/mol. The lowest BCUT2D eigenvalue weighted by atomic mass is 10.0. The minimum atomic E-state index is 0.318. The molecule has 0 spiro atoms. The summed E-state index contributed by atoms with van der Waals surface area (Å²) >= 11 is 0. The summed E-state index contributed by atoms with van der Waals surface area (Å²) < 4.78 is 0. The number of aromatic nitrogens is 1. The van der Waals surface area contributed by atoms with Gasteiger partial charge in [-0.3, -0.25) is 4.90 Å². The molecule has 1 fully saturated rings. The van der Waals surface area contributed by atoms with Gasteiger partial charge < -0.3 is 15.6 Å². The van der Waals surface area contributed by atoms with Crippen molar-refractivity contribution in [2.75, 3.05) is 33.7 Å². The number of likely N-dealkylation sites (N-methyl/N-ethyl adjacent to an activating group) is 1. The van der Waals surface area contributed by atoms with Gasteiger partial charge in [0.2, 0.25) is 0 Å². The number of hydrogen-bond acceptors (Lipinski definition) is 3. The van der Waals surface area contributed by atoms with Crippen LogP contribution in [-0.4, -0.2) is 54.6 Å². The number of likely N-dealkylation sites (tertiary alicyclic amines) is 1. The molecule has 3 N–H and O–H groups in total. The van der Waals surface area contributed by atoms with Gasteiger partial charge in [-0.2, -0.15) is 0 Å². The molecule has 0 aromatic carbocycles. The standard InChI is InChI=1S/C13H24N4/c1-16-8-5-11(6-9-16)17(2)13(10-14)12-4-3-7-15-12/h3-4,7,11,13,15H,5-6,8-10,14H2,1-2H3. The van der Waals surface area contributed by atoms with Gasteiger partial charge in [0.1, 0.15) is 0 Å². The largest absolute Gasteiger partial charge is 0.364 e. The molecule has 4 heteroatoms. The zero-order valence-electron chi connectivity index (χ0n) is 10.9. The molecule has 2 heterocycles. The van der Waals surface area contributed by atoms with E-state index in [1.54, 1.807) is 0 Å². The van der Waals surface area contributed by atoms with Crippen molar-refractivity contribution in [1.29, 1.82) is 0 Å². The predicted molar refractivity (Wildman–Crippen MR) is 70.9 cm³/mol. The number of hydrogen-bond donors (Lipinski definition) is 2. The minimum Gasteiger partial charge on any atom is -0.364 e. The molecule has 1 aliphatic rings. The first-order valence-electron chi connectivity index (χ1n) is 6.46. The molecule has 0 aliphatic carbocycles. The highest BCUT2D eigenvalue weighted by Gasteiger charge is 2.26. The smallest absolute Gasteiger partial charge is 0.0622 e. The summed E-state index contributed by atoms with van der Waals surface area (Å²) in [4.78, 5) is 8.13. The number of rotatable bonds is 4. The number of nitrogens with one attached hydrogen (secondary N) is 1. The summed E-state index contributed by atoms with van der Waals surface area (Å²) in [5.41, 5.74) is 7.16. The zero-order chi connectivity index (χ0) is 12.3. The average Bonchev–Trinajstić information content (AvgIpc) is 2.84. The normalized spacial score (nSPS) is 20.9. The first-order chi connectivity index (χ1) is 8.22. The fraction of sp³-hybridized carbons (Fsp3) is 0.692. The van der Waals surface area contributed by atoms with E-state index in [0.717, 1.165) is 0 Å². The monoisotopic (exact) mass is 236 g/mol. The van der Waals surface area contributed by atoms with Gasteiger partial charge in [0, 0.05) is 24.5 Å². The molecular weight excluding hydrogens is 212 g/mol. The Hall–Kier alpha value is -0.840. The molecule has 0 amide bonds. The Bertz CT molecular complexity index is 314. The summed E-state index contributed by atoms with van der Waals surface area (Å²) in [7, 11) is 4.40. The van der Waals surface area contributed by atoms with Crippen molar-refractivity contribution in [3.63, 3.8) is 0 Å². The zero-order valence-corrected chi connectivity index (χ0v) is 10.9. The van der Waals surface area contributed by atoms with Crippen LogP contribution in [0.2, 0.25) is 0 Å². The van der Waals surface area contributed by atoms with Crippen LogP contribution in [0.25, 0.3) is 0 Å². The number of aromatic amines is 1. The van der Waals surface area contributed by atoms with Gasteiger partial charge in [-0.05, 0) is 52.2 Å². The Labute approximate surface area is 104 Å². The van der Waals surface area contributed by atoms with Crippen molar-refractivity contribution in [2.45, 2.75) is 24.9 Å². The Morgan fingerprint density at radius 3 is 2.76 bits per heavy atom. The highest BCUT2D eigenvalue weighted by Crippen LogP contribution is 2.23. The van der Waals surface area contributed by atoms with E-state index in [9.17, 15) is 0 Å². The summed E-state index contributed by atoms with van der Waals surface area (Å²) in [5, 5.41) is 0. The van der Waals surface area contributed by atoms with Crippen LogP contribution in [0.5, 0.6) is 0 Å². The molecule has 0 radical (unpaired) electrons. The van der Waals surface area contributed by atoms with Gasteiger partial charge in [-0.25, -0.2) is 0 Å². The number of piperidine rings is 1. The lowest BCUT2D eigenvalue weighted by molar-refractivity contribution is 0.108. The Kier molecular flexibility index (Phi) is 4.20. The third kappa shape index (κ3) is 2.89. The van der Waals surface area contributed by atoms with E-state index in [4.69, 9.17) is 5.73 Å². The lowest BCUT2D eigenvalue weighted by Gasteiger charge is -2.38. The molecule has 1 aliphatic heterocycles. The second-order valence-corrected chi connectivity index (χ2v) is 5.08. The molecule has 1 saturated heterocycles. The van der Waals surface area contributed by atoms with E-state index in [1.807, 2.05) is 12.3 Å². The Morgan fingerprint density at radius 1 is 1.53 bits per heavy atom. The van der Waals surface area contributed by atoms with Gasteiger partial charge in [-0.15, -0.1) is 0 Å².